The molecule has 3 aromatic carbocycles. The molecular weight excluding hydrogens is 657 g/mol. The Morgan fingerprint density at radius 1 is 0.440 bits per heavy atom. The smallest absolute Gasteiger partial charge is 0.338 e. The van der Waals surface area contributed by atoms with Gasteiger partial charge in [0.15, 0.2) is 0 Å². The molecule has 10 nitrogen and oxygen atoms in total. The first-order chi connectivity index (χ1) is 24.4. The van der Waals surface area contributed by atoms with Crippen LogP contribution in [-0.4, -0.2) is 120 Å². The van der Waals surface area contributed by atoms with Gasteiger partial charge in [-0.1, -0.05) is 99.6 Å². The van der Waals surface area contributed by atoms with E-state index >= 15 is 0 Å². The summed E-state index contributed by atoms with van der Waals surface area (Å²) in [6.07, 6.45) is 0. The van der Waals surface area contributed by atoms with E-state index < -0.39 is 8.32 Å². The van der Waals surface area contributed by atoms with Crippen molar-refractivity contribution >= 4 is 24.7 Å². The van der Waals surface area contributed by atoms with Gasteiger partial charge in [-0.15, -0.1) is 0 Å². The maximum atomic E-state index is 11.8. The summed E-state index contributed by atoms with van der Waals surface area (Å²) in [5.74, 6) is -0.354. The number of carbonyl (C=O) groups is 1. The van der Waals surface area contributed by atoms with Crippen molar-refractivity contribution < 1.29 is 47.1 Å². The van der Waals surface area contributed by atoms with Gasteiger partial charge in [0.25, 0.3) is 8.32 Å². The van der Waals surface area contributed by atoms with E-state index in [1.165, 1.54) is 10.4 Å². The summed E-state index contributed by atoms with van der Waals surface area (Å²) in [5.41, 5.74) is 0.527. The lowest BCUT2D eigenvalue weighted by molar-refractivity contribution is -0.0229. The van der Waals surface area contributed by atoms with Crippen molar-refractivity contribution in [1.82, 2.24) is 0 Å². The fraction of sp³-hybridized carbons (Fsp3) is 0.513. The zero-order chi connectivity index (χ0) is 35.6. The predicted molar refractivity (Wildman–Crippen MR) is 196 cm³/mol. The minimum atomic E-state index is -2.54. The molecule has 0 spiro atoms. The fourth-order valence-corrected chi connectivity index (χ4v) is 9.83. The lowest BCUT2D eigenvalue weighted by Crippen LogP contribution is -2.66. The van der Waals surface area contributed by atoms with Gasteiger partial charge in [-0.3, -0.25) is 0 Å². The second kappa shape index (κ2) is 25.1. The summed E-state index contributed by atoms with van der Waals surface area (Å²) in [7, 11) is -2.54. The summed E-state index contributed by atoms with van der Waals surface area (Å²) in [6, 6.07) is 30.1. The van der Waals surface area contributed by atoms with Crippen LogP contribution in [0.4, 0.5) is 0 Å². The molecule has 276 valence electrons. The van der Waals surface area contributed by atoms with Gasteiger partial charge >= 0.3 is 5.97 Å². The van der Waals surface area contributed by atoms with Crippen LogP contribution >= 0.6 is 0 Å². The average Bonchev–Trinajstić information content (AvgIpc) is 3.13. The molecule has 0 aliphatic heterocycles. The van der Waals surface area contributed by atoms with Crippen LogP contribution in [0, 0.1) is 0 Å². The van der Waals surface area contributed by atoms with Crippen LogP contribution in [0.5, 0.6) is 0 Å². The van der Waals surface area contributed by atoms with E-state index in [2.05, 4.69) is 81.4 Å². The Labute approximate surface area is 299 Å². The molecule has 0 saturated heterocycles. The van der Waals surface area contributed by atoms with Gasteiger partial charge < -0.3 is 42.3 Å². The van der Waals surface area contributed by atoms with E-state index in [0.717, 1.165) is 0 Å². The van der Waals surface area contributed by atoms with Crippen LogP contribution in [0.25, 0.3) is 0 Å². The van der Waals surface area contributed by atoms with Gasteiger partial charge in [0.2, 0.25) is 0 Å². The van der Waals surface area contributed by atoms with E-state index in [1.54, 1.807) is 24.3 Å². The van der Waals surface area contributed by atoms with Crippen LogP contribution in [0.1, 0.15) is 31.1 Å². The molecule has 0 aliphatic carbocycles. The summed E-state index contributed by atoms with van der Waals surface area (Å²) in [6.45, 7) is 14.1. The monoisotopic (exact) mass is 712 g/mol. The highest BCUT2D eigenvalue weighted by molar-refractivity contribution is 6.99. The van der Waals surface area contributed by atoms with Gasteiger partial charge in [0.1, 0.15) is 6.61 Å². The largest absolute Gasteiger partial charge is 0.460 e. The summed E-state index contributed by atoms with van der Waals surface area (Å²) in [5, 5.41) is 2.47. The van der Waals surface area contributed by atoms with E-state index in [4.69, 9.17) is 42.3 Å². The van der Waals surface area contributed by atoms with Crippen LogP contribution in [0.15, 0.2) is 91.0 Å². The SMILES string of the molecule is CC(C)(C)[Si](OCCOCCOCCOCCOCCOCCOCCOCCOC(=O)c1ccccc1)(c1ccccc1)c1ccccc1. The van der Waals surface area contributed by atoms with Crippen molar-refractivity contribution in [3.05, 3.63) is 96.6 Å². The molecule has 0 radical (unpaired) electrons. The van der Waals surface area contributed by atoms with Crippen molar-refractivity contribution in [2.75, 3.05) is 106 Å². The Morgan fingerprint density at radius 2 is 0.740 bits per heavy atom. The molecular formula is C39H56O10Si. The van der Waals surface area contributed by atoms with Crippen LogP contribution in [-0.2, 0) is 42.3 Å². The van der Waals surface area contributed by atoms with E-state index in [1.807, 2.05) is 6.07 Å². The van der Waals surface area contributed by atoms with Crippen LogP contribution < -0.4 is 10.4 Å². The molecule has 3 aromatic rings. The molecule has 0 amide bonds. The second-order valence-corrected chi connectivity index (χ2v) is 16.6. The third kappa shape index (κ3) is 15.5. The first-order valence-electron chi connectivity index (χ1n) is 17.5. The molecule has 0 heterocycles. The topological polar surface area (TPSA) is 100 Å². The number of ether oxygens (including phenoxy) is 8. The highest BCUT2D eigenvalue weighted by atomic mass is 28.4. The molecule has 0 fully saturated rings. The zero-order valence-electron chi connectivity index (χ0n) is 30.1. The van der Waals surface area contributed by atoms with Crippen molar-refractivity contribution in [2.45, 2.75) is 25.8 Å². The molecule has 50 heavy (non-hydrogen) atoms. The Balaban J connectivity index is 1.08. The summed E-state index contributed by atoms with van der Waals surface area (Å²) >= 11 is 0. The van der Waals surface area contributed by atoms with Gasteiger partial charge in [-0.25, -0.2) is 4.79 Å². The lowest BCUT2D eigenvalue weighted by Gasteiger charge is -2.43. The number of esters is 1. The quantitative estimate of drug-likeness (QED) is 0.0607. The highest BCUT2D eigenvalue weighted by Crippen LogP contribution is 2.36. The molecule has 0 atom stereocenters. The molecule has 0 aromatic heterocycles. The Morgan fingerprint density at radius 3 is 1.08 bits per heavy atom. The first-order valence-corrected chi connectivity index (χ1v) is 19.4. The van der Waals surface area contributed by atoms with Crippen molar-refractivity contribution in [3.8, 4) is 0 Å². The van der Waals surface area contributed by atoms with Gasteiger partial charge in [0.05, 0.1) is 105 Å². The van der Waals surface area contributed by atoms with Crippen molar-refractivity contribution in [3.63, 3.8) is 0 Å². The highest BCUT2D eigenvalue weighted by Gasteiger charge is 2.50. The molecule has 0 saturated carbocycles. The molecule has 3 rings (SSSR count). The zero-order valence-corrected chi connectivity index (χ0v) is 31.1. The minimum absolute atomic E-state index is 0.0590. The first kappa shape index (κ1) is 41.4. The molecule has 0 N–H and O–H groups in total. The molecule has 0 unspecified atom stereocenters. The average molecular weight is 713 g/mol. The number of hydrogen-bond acceptors (Lipinski definition) is 10. The number of rotatable bonds is 28. The maximum absolute atomic E-state index is 11.8. The number of carbonyl (C=O) groups excluding carboxylic acids is 1. The van der Waals surface area contributed by atoms with Gasteiger partial charge in [-0.05, 0) is 27.5 Å². The predicted octanol–water partition coefficient (Wildman–Crippen LogP) is 4.54. The normalized spacial score (nSPS) is 11.9. The fourth-order valence-electron chi connectivity index (χ4n) is 5.29. The van der Waals surface area contributed by atoms with Gasteiger partial charge in [0, 0.05) is 0 Å². The third-order valence-corrected chi connectivity index (χ3v) is 12.7. The Kier molecular flexibility index (Phi) is 20.8. The molecule has 0 bridgehead atoms. The van der Waals surface area contributed by atoms with Gasteiger partial charge in [-0.2, -0.15) is 0 Å². The Hall–Kier alpha value is -2.97. The maximum Gasteiger partial charge on any atom is 0.338 e. The summed E-state index contributed by atoms with van der Waals surface area (Å²) < 4.78 is 50.9. The van der Waals surface area contributed by atoms with E-state index in [9.17, 15) is 4.79 Å². The van der Waals surface area contributed by atoms with Crippen molar-refractivity contribution in [1.29, 1.82) is 0 Å². The minimum Gasteiger partial charge on any atom is -0.460 e. The standard InChI is InChI=1S/C39H56O10Si/c1-39(2,3)50(36-15-9-5-10-16-36,37-17-11-6-12-18-37)49-34-32-47-30-28-45-26-24-43-22-20-41-19-21-42-23-25-44-27-29-46-31-33-48-38(40)35-13-7-4-8-14-35/h4-18H,19-34H2,1-3H3. The molecule has 11 heteroatoms. The molecule has 0 aliphatic rings. The third-order valence-electron chi connectivity index (χ3n) is 7.67. The van der Waals surface area contributed by atoms with Crippen LogP contribution in [0.3, 0.4) is 0 Å². The Bertz CT molecular complexity index is 1220. The van der Waals surface area contributed by atoms with Crippen molar-refractivity contribution in [2.24, 2.45) is 0 Å². The number of hydrogen-bond donors (Lipinski definition) is 0. The second-order valence-electron chi connectivity index (χ2n) is 12.3. The van der Waals surface area contributed by atoms with Crippen LogP contribution in [0.2, 0.25) is 5.04 Å². The summed E-state index contributed by atoms with van der Waals surface area (Å²) in [4.78, 5) is 11.8. The van der Waals surface area contributed by atoms with E-state index in [0.29, 0.717) is 105 Å². The lowest BCUT2D eigenvalue weighted by atomic mass is 10.2. The van der Waals surface area contributed by atoms with E-state index in [-0.39, 0.29) is 17.6 Å². The number of benzene rings is 3.